The van der Waals surface area contributed by atoms with Crippen molar-refractivity contribution in [3.63, 3.8) is 0 Å². The van der Waals surface area contributed by atoms with E-state index in [0.29, 0.717) is 26.2 Å². The number of benzene rings is 2. The van der Waals surface area contributed by atoms with E-state index in [2.05, 4.69) is 9.64 Å². The van der Waals surface area contributed by atoms with Crippen molar-refractivity contribution in [3.8, 4) is 5.75 Å². The van der Waals surface area contributed by atoms with Crippen molar-refractivity contribution in [1.82, 2.24) is 4.90 Å². The van der Waals surface area contributed by atoms with Crippen LogP contribution in [0.5, 0.6) is 5.75 Å². The lowest BCUT2D eigenvalue weighted by atomic mass is 10.1. The van der Waals surface area contributed by atoms with Crippen LogP contribution < -0.4 is 9.64 Å². The molecular formula is C20H21N3O6. The van der Waals surface area contributed by atoms with Crippen LogP contribution in [0.1, 0.15) is 20.7 Å². The average molecular weight is 399 g/mol. The lowest BCUT2D eigenvalue weighted by Gasteiger charge is -2.36. The highest BCUT2D eigenvalue weighted by Crippen LogP contribution is 2.24. The zero-order valence-electron chi connectivity index (χ0n) is 16.2. The Morgan fingerprint density at radius 3 is 2.31 bits per heavy atom. The van der Waals surface area contributed by atoms with E-state index in [1.807, 2.05) is 24.3 Å². The van der Waals surface area contributed by atoms with E-state index in [-0.39, 0.29) is 22.7 Å². The van der Waals surface area contributed by atoms with E-state index < -0.39 is 10.9 Å². The van der Waals surface area contributed by atoms with Gasteiger partial charge in [-0.05, 0) is 18.2 Å². The Morgan fingerprint density at radius 1 is 1.00 bits per heavy atom. The third-order valence-corrected chi connectivity index (χ3v) is 4.78. The van der Waals surface area contributed by atoms with Crippen LogP contribution in [0.3, 0.4) is 0 Å². The predicted octanol–water partition coefficient (Wildman–Crippen LogP) is 2.35. The Balaban J connectivity index is 1.75. The van der Waals surface area contributed by atoms with Gasteiger partial charge in [-0.3, -0.25) is 14.9 Å². The number of hydrogen-bond donors (Lipinski definition) is 0. The Bertz CT molecular complexity index is 938. The van der Waals surface area contributed by atoms with E-state index in [0.717, 1.165) is 17.5 Å². The first-order valence-corrected chi connectivity index (χ1v) is 8.99. The number of ether oxygens (including phenoxy) is 2. The second-order valence-corrected chi connectivity index (χ2v) is 6.50. The first-order valence-electron chi connectivity index (χ1n) is 8.99. The molecule has 0 unspecified atom stereocenters. The number of nitrogens with zero attached hydrogens (tertiary/aromatic N) is 3. The lowest BCUT2D eigenvalue weighted by Crippen LogP contribution is -2.48. The molecule has 0 bridgehead atoms. The number of esters is 1. The Kier molecular flexibility index (Phi) is 5.96. The summed E-state index contributed by atoms with van der Waals surface area (Å²) < 4.78 is 9.88. The number of carbonyl (C=O) groups is 2. The van der Waals surface area contributed by atoms with Crippen LogP contribution in [0.25, 0.3) is 0 Å². The van der Waals surface area contributed by atoms with Crippen molar-refractivity contribution >= 4 is 23.3 Å². The van der Waals surface area contributed by atoms with E-state index in [9.17, 15) is 19.7 Å². The number of nitro benzene ring substituents is 1. The summed E-state index contributed by atoms with van der Waals surface area (Å²) in [5.41, 5.74) is 0.737. The van der Waals surface area contributed by atoms with Gasteiger partial charge in [0.1, 0.15) is 5.75 Å². The Labute approximate surface area is 167 Å². The van der Waals surface area contributed by atoms with Crippen LogP contribution >= 0.6 is 0 Å². The predicted molar refractivity (Wildman–Crippen MR) is 106 cm³/mol. The number of non-ortho nitro benzene ring substituents is 1. The van der Waals surface area contributed by atoms with E-state index in [1.165, 1.54) is 19.2 Å². The normalized spacial score (nSPS) is 13.7. The van der Waals surface area contributed by atoms with Crippen LogP contribution in [0.2, 0.25) is 0 Å². The minimum atomic E-state index is -0.731. The molecule has 152 valence electrons. The van der Waals surface area contributed by atoms with E-state index >= 15 is 0 Å². The highest BCUT2D eigenvalue weighted by molar-refractivity contribution is 5.99. The minimum absolute atomic E-state index is 0.0277. The van der Waals surface area contributed by atoms with Gasteiger partial charge in [-0.25, -0.2) is 4.79 Å². The van der Waals surface area contributed by atoms with Gasteiger partial charge in [-0.2, -0.15) is 0 Å². The smallest absolute Gasteiger partial charge is 0.338 e. The fourth-order valence-electron chi connectivity index (χ4n) is 3.23. The molecule has 0 saturated carbocycles. The van der Waals surface area contributed by atoms with E-state index in [1.54, 1.807) is 12.0 Å². The number of hydrogen-bond acceptors (Lipinski definition) is 7. The maximum absolute atomic E-state index is 12.9. The number of amides is 1. The van der Waals surface area contributed by atoms with Crippen molar-refractivity contribution < 1.29 is 24.0 Å². The molecule has 2 aromatic carbocycles. The number of anilines is 1. The van der Waals surface area contributed by atoms with Crippen molar-refractivity contribution in [1.29, 1.82) is 0 Å². The van der Waals surface area contributed by atoms with Crippen LogP contribution in [0.4, 0.5) is 11.4 Å². The van der Waals surface area contributed by atoms with Gasteiger partial charge in [0, 0.05) is 55.6 Å². The number of nitro groups is 1. The van der Waals surface area contributed by atoms with Crippen LogP contribution in [-0.4, -0.2) is 62.1 Å². The number of methoxy groups -OCH3 is 2. The quantitative estimate of drug-likeness (QED) is 0.432. The van der Waals surface area contributed by atoms with Gasteiger partial charge in [-0.15, -0.1) is 0 Å². The molecule has 29 heavy (non-hydrogen) atoms. The minimum Gasteiger partial charge on any atom is -0.497 e. The molecule has 1 heterocycles. The second-order valence-electron chi connectivity index (χ2n) is 6.50. The summed E-state index contributed by atoms with van der Waals surface area (Å²) in [6.45, 7) is 2.12. The van der Waals surface area contributed by atoms with Gasteiger partial charge >= 0.3 is 5.97 Å². The zero-order chi connectivity index (χ0) is 21.0. The molecule has 2 aromatic rings. The number of carbonyl (C=O) groups excluding carboxylic acids is 2. The maximum Gasteiger partial charge on any atom is 0.338 e. The topological polar surface area (TPSA) is 102 Å². The van der Waals surface area contributed by atoms with E-state index in [4.69, 9.17) is 4.74 Å². The molecule has 0 atom stereocenters. The van der Waals surface area contributed by atoms with Gasteiger partial charge < -0.3 is 19.3 Å². The molecule has 0 aromatic heterocycles. The van der Waals surface area contributed by atoms with Gasteiger partial charge in [0.2, 0.25) is 0 Å². The van der Waals surface area contributed by atoms with Gasteiger partial charge in [0.25, 0.3) is 11.6 Å². The third-order valence-electron chi connectivity index (χ3n) is 4.78. The fraction of sp³-hybridized carbons (Fsp3) is 0.300. The number of piperazine rings is 1. The second kappa shape index (κ2) is 8.59. The summed E-state index contributed by atoms with van der Waals surface area (Å²) in [6, 6.07) is 11.3. The van der Waals surface area contributed by atoms with Crippen LogP contribution in [-0.2, 0) is 4.74 Å². The number of rotatable bonds is 5. The molecule has 9 nitrogen and oxygen atoms in total. The Hall–Kier alpha value is -3.62. The summed E-state index contributed by atoms with van der Waals surface area (Å²) in [6.07, 6.45) is 0. The molecule has 1 amide bonds. The lowest BCUT2D eigenvalue weighted by molar-refractivity contribution is -0.384. The molecule has 0 aliphatic carbocycles. The molecule has 1 aliphatic heterocycles. The molecule has 9 heteroatoms. The highest BCUT2D eigenvalue weighted by Gasteiger charge is 2.25. The molecule has 3 rings (SSSR count). The monoisotopic (exact) mass is 399 g/mol. The van der Waals surface area contributed by atoms with Gasteiger partial charge in [0.15, 0.2) is 0 Å². The highest BCUT2D eigenvalue weighted by atomic mass is 16.6. The first-order chi connectivity index (χ1) is 13.9. The average Bonchev–Trinajstić information content (AvgIpc) is 2.77. The van der Waals surface area contributed by atoms with Gasteiger partial charge in [-0.1, -0.05) is 6.07 Å². The molecule has 0 N–H and O–H groups in total. The summed E-state index contributed by atoms with van der Waals surface area (Å²) in [7, 11) is 2.79. The largest absolute Gasteiger partial charge is 0.497 e. The third kappa shape index (κ3) is 4.45. The molecule has 0 radical (unpaired) electrons. The fourth-order valence-corrected chi connectivity index (χ4v) is 3.23. The van der Waals surface area contributed by atoms with Gasteiger partial charge in [0.05, 0.1) is 24.7 Å². The van der Waals surface area contributed by atoms with Crippen molar-refractivity contribution in [2.24, 2.45) is 0 Å². The summed E-state index contributed by atoms with van der Waals surface area (Å²) in [4.78, 5) is 39.0. The molecule has 0 spiro atoms. The molecule has 1 saturated heterocycles. The Morgan fingerprint density at radius 2 is 1.69 bits per heavy atom. The molecular weight excluding hydrogens is 378 g/mol. The van der Waals surface area contributed by atoms with Crippen LogP contribution in [0, 0.1) is 10.1 Å². The SMILES string of the molecule is COC(=O)c1cc(C(=O)N2CCN(c3cccc(OC)c3)CC2)cc([N+](=O)[O-])c1. The zero-order valence-corrected chi connectivity index (χ0v) is 16.2. The van der Waals surface area contributed by atoms with Crippen molar-refractivity contribution in [3.05, 3.63) is 63.7 Å². The maximum atomic E-state index is 12.9. The molecule has 1 aliphatic rings. The van der Waals surface area contributed by atoms with Crippen molar-refractivity contribution in [2.45, 2.75) is 0 Å². The summed E-state index contributed by atoms with van der Waals surface area (Å²) >= 11 is 0. The molecule has 1 fully saturated rings. The standard InChI is InChI=1S/C20H21N3O6/c1-28-18-5-3-4-16(13-18)21-6-8-22(9-7-21)19(24)14-10-15(20(25)29-2)12-17(11-14)23(26)27/h3-5,10-13H,6-9H2,1-2H3. The van der Waals surface area contributed by atoms with Crippen LogP contribution in [0.15, 0.2) is 42.5 Å². The summed E-state index contributed by atoms with van der Waals surface area (Å²) in [5, 5.41) is 11.2. The summed E-state index contributed by atoms with van der Waals surface area (Å²) in [5.74, 6) is -0.331. The van der Waals surface area contributed by atoms with Crippen molar-refractivity contribution in [2.75, 3.05) is 45.3 Å². The first kappa shape index (κ1) is 20.1.